The van der Waals surface area contributed by atoms with E-state index in [2.05, 4.69) is 0 Å². The predicted octanol–water partition coefficient (Wildman–Crippen LogP) is 3.03. The maximum Gasteiger partial charge on any atom is 0.131 e. The Bertz CT molecular complexity index is 387. The van der Waals surface area contributed by atoms with E-state index in [4.69, 9.17) is 9.84 Å². The number of aliphatic hydroxyl groups is 1. The van der Waals surface area contributed by atoms with Crippen molar-refractivity contribution >= 4 is 0 Å². The van der Waals surface area contributed by atoms with Crippen LogP contribution >= 0.6 is 0 Å². The normalized spacial score (nSPS) is 24.2. The Morgan fingerprint density at radius 3 is 2.50 bits per heavy atom. The zero-order valence-electron chi connectivity index (χ0n) is 10.2. The predicted molar refractivity (Wildman–Crippen MR) is 64.0 cm³/mol. The molecule has 1 N–H and O–H groups in total. The zero-order valence-corrected chi connectivity index (χ0v) is 10.2. The van der Waals surface area contributed by atoms with Crippen molar-refractivity contribution in [2.45, 2.75) is 38.4 Å². The average molecular weight is 256 g/mol. The quantitative estimate of drug-likeness (QED) is 0.897. The fraction of sp³-hybridized carbons (Fsp3) is 0.571. The van der Waals surface area contributed by atoms with E-state index < -0.39 is 11.6 Å². The first-order chi connectivity index (χ1) is 8.69. The molecule has 0 spiro atoms. The molecule has 0 amide bonds. The summed E-state index contributed by atoms with van der Waals surface area (Å²) in [5.41, 5.74) is 0.390. The smallest absolute Gasteiger partial charge is 0.131 e. The topological polar surface area (TPSA) is 29.5 Å². The van der Waals surface area contributed by atoms with Crippen molar-refractivity contribution in [1.82, 2.24) is 0 Å². The molecule has 100 valence electrons. The fourth-order valence-electron chi connectivity index (χ4n) is 2.33. The third-order valence-electron chi connectivity index (χ3n) is 3.54. The van der Waals surface area contributed by atoms with Crippen molar-refractivity contribution in [2.75, 3.05) is 6.61 Å². The standard InChI is InChI=1S/C14H18F2O2/c15-12-4-3-11(14(16)7-12)9-18-13-5-1-10(8-17)2-6-13/h3-4,7,10,13,17H,1-2,5-6,8-9H2. The van der Waals surface area contributed by atoms with E-state index in [0.717, 1.165) is 31.7 Å². The van der Waals surface area contributed by atoms with Crippen LogP contribution in [-0.2, 0) is 11.3 Å². The average Bonchev–Trinajstić information content (AvgIpc) is 2.38. The molecule has 0 heterocycles. The van der Waals surface area contributed by atoms with Gasteiger partial charge in [-0.3, -0.25) is 0 Å². The van der Waals surface area contributed by atoms with Gasteiger partial charge in [0.05, 0.1) is 12.7 Å². The Labute approximate surface area is 106 Å². The Kier molecular flexibility index (Phi) is 4.66. The highest BCUT2D eigenvalue weighted by Crippen LogP contribution is 2.26. The second kappa shape index (κ2) is 6.25. The first-order valence-electron chi connectivity index (χ1n) is 6.35. The van der Waals surface area contributed by atoms with Gasteiger partial charge in [0.15, 0.2) is 0 Å². The van der Waals surface area contributed by atoms with Crippen LogP contribution in [0.2, 0.25) is 0 Å². The number of benzene rings is 1. The molecular formula is C14H18F2O2. The molecule has 0 saturated heterocycles. The Balaban J connectivity index is 1.81. The zero-order chi connectivity index (χ0) is 13.0. The van der Waals surface area contributed by atoms with Crippen LogP contribution in [0.4, 0.5) is 8.78 Å². The Morgan fingerprint density at radius 2 is 1.89 bits per heavy atom. The summed E-state index contributed by atoms with van der Waals surface area (Å²) in [5, 5.41) is 9.02. The van der Waals surface area contributed by atoms with E-state index in [1.54, 1.807) is 0 Å². The third-order valence-corrected chi connectivity index (χ3v) is 3.54. The van der Waals surface area contributed by atoms with Gasteiger partial charge in [-0.2, -0.15) is 0 Å². The van der Waals surface area contributed by atoms with Gasteiger partial charge in [0, 0.05) is 18.2 Å². The molecule has 2 rings (SSSR count). The van der Waals surface area contributed by atoms with Crippen LogP contribution in [0.15, 0.2) is 18.2 Å². The van der Waals surface area contributed by atoms with Gasteiger partial charge in [0.1, 0.15) is 11.6 Å². The van der Waals surface area contributed by atoms with Gasteiger partial charge in [0.25, 0.3) is 0 Å². The highest BCUT2D eigenvalue weighted by Gasteiger charge is 2.21. The first kappa shape index (κ1) is 13.4. The van der Waals surface area contributed by atoms with Crippen LogP contribution in [-0.4, -0.2) is 17.8 Å². The molecule has 0 radical (unpaired) electrons. The SMILES string of the molecule is OCC1CCC(OCc2ccc(F)cc2F)CC1. The minimum Gasteiger partial charge on any atom is -0.396 e. The second-order valence-electron chi connectivity index (χ2n) is 4.87. The molecule has 1 saturated carbocycles. The van der Waals surface area contributed by atoms with E-state index in [1.165, 1.54) is 12.1 Å². The summed E-state index contributed by atoms with van der Waals surface area (Å²) in [5.74, 6) is -0.744. The number of ether oxygens (including phenoxy) is 1. The van der Waals surface area contributed by atoms with Gasteiger partial charge in [-0.25, -0.2) is 8.78 Å². The molecule has 0 atom stereocenters. The lowest BCUT2D eigenvalue weighted by Gasteiger charge is -2.27. The van der Waals surface area contributed by atoms with Crippen molar-refractivity contribution < 1.29 is 18.6 Å². The molecule has 1 aromatic rings. The second-order valence-corrected chi connectivity index (χ2v) is 4.87. The molecule has 0 aromatic heterocycles. The monoisotopic (exact) mass is 256 g/mol. The summed E-state index contributed by atoms with van der Waals surface area (Å²) in [6.07, 6.45) is 3.82. The van der Waals surface area contributed by atoms with Crippen molar-refractivity contribution in [2.24, 2.45) is 5.92 Å². The molecular weight excluding hydrogens is 238 g/mol. The van der Waals surface area contributed by atoms with Crippen LogP contribution in [0, 0.1) is 17.6 Å². The summed E-state index contributed by atoms with van der Waals surface area (Å²) < 4.78 is 31.7. The summed E-state index contributed by atoms with van der Waals surface area (Å²) >= 11 is 0. The summed E-state index contributed by atoms with van der Waals surface area (Å²) in [6.45, 7) is 0.417. The van der Waals surface area contributed by atoms with Gasteiger partial charge < -0.3 is 9.84 Å². The van der Waals surface area contributed by atoms with Crippen LogP contribution in [0.25, 0.3) is 0 Å². The summed E-state index contributed by atoms with van der Waals surface area (Å²) in [6, 6.07) is 3.54. The van der Waals surface area contributed by atoms with E-state index in [1.807, 2.05) is 0 Å². The number of aliphatic hydroxyl groups excluding tert-OH is 1. The number of hydrogen-bond acceptors (Lipinski definition) is 2. The molecule has 2 nitrogen and oxygen atoms in total. The van der Waals surface area contributed by atoms with E-state index in [9.17, 15) is 8.78 Å². The first-order valence-corrected chi connectivity index (χ1v) is 6.35. The van der Waals surface area contributed by atoms with E-state index in [-0.39, 0.29) is 19.3 Å². The molecule has 0 bridgehead atoms. The maximum atomic E-state index is 13.4. The Hall–Kier alpha value is -1.00. The lowest BCUT2D eigenvalue weighted by Crippen LogP contribution is -2.23. The molecule has 1 aromatic carbocycles. The van der Waals surface area contributed by atoms with E-state index >= 15 is 0 Å². The van der Waals surface area contributed by atoms with Crippen LogP contribution in [0.3, 0.4) is 0 Å². The van der Waals surface area contributed by atoms with Gasteiger partial charge >= 0.3 is 0 Å². The van der Waals surface area contributed by atoms with Gasteiger partial charge in [-0.15, -0.1) is 0 Å². The molecule has 1 fully saturated rings. The van der Waals surface area contributed by atoms with Crippen LogP contribution in [0.1, 0.15) is 31.2 Å². The lowest BCUT2D eigenvalue weighted by molar-refractivity contribution is 0.000125. The molecule has 1 aliphatic rings. The highest BCUT2D eigenvalue weighted by atomic mass is 19.1. The van der Waals surface area contributed by atoms with Crippen LogP contribution < -0.4 is 0 Å². The largest absolute Gasteiger partial charge is 0.396 e. The number of rotatable bonds is 4. The Morgan fingerprint density at radius 1 is 1.17 bits per heavy atom. The molecule has 0 unspecified atom stereocenters. The molecule has 4 heteroatoms. The van der Waals surface area contributed by atoms with E-state index in [0.29, 0.717) is 11.5 Å². The van der Waals surface area contributed by atoms with Crippen molar-refractivity contribution in [3.05, 3.63) is 35.4 Å². The minimum absolute atomic E-state index is 0.122. The minimum atomic E-state index is -0.570. The summed E-state index contributed by atoms with van der Waals surface area (Å²) in [4.78, 5) is 0. The van der Waals surface area contributed by atoms with Crippen molar-refractivity contribution in [3.63, 3.8) is 0 Å². The van der Waals surface area contributed by atoms with Crippen LogP contribution in [0.5, 0.6) is 0 Å². The molecule has 1 aliphatic carbocycles. The third kappa shape index (κ3) is 3.50. The van der Waals surface area contributed by atoms with Gasteiger partial charge in [-0.1, -0.05) is 6.07 Å². The van der Waals surface area contributed by atoms with Crippen molar-refractivity contribution in [1.29, 1.82) is 0 Å². The molecule has 0 aliphatic heterocycles. The van der Waals surface area contributed by atoms with Gasteiger partial charge in [-0.05, 0) is 37.7 Å². The fourth-order valence-corrected chi connectivity index (χ4v) is 2.33. The number of halogens is 2. The highest BCUT2D eigenvalue weighted by molar-refractivity contribution is 5.17. The lowest BCUT2D eigenvalue weighted by atomic mass is 9.88. The maximum absolute atomic E-state index is 13.4. The van der Waals surface area contributed by atoms with Gasteiger partial charge in [0.2, 0.25) is 0 Å². The summed E-state index contributed by atoms with van der Waals surface area (Å²) in [7, 11) is 0. The number of hydrogen-bond donors (Lipinski definition) is 1. The van der Waals surface area contributed by atoms with Crippen molar-refractivity contribution in [3.8, 4) is 0 Å². The molecule has 18 heavy (non-hydrogen) atoms.